The van der Waals surface area contributed by atoms with E-state index in [0.29, 0.717) is 5.69 Å². The molecule has 80 valence electrons. The summed E-state index contributed by atoms with van der Waals surface area (Å²) in [6.07, 6.45) is 3.03. The molecule has 1 aromatic rings. The Labute approximate surface area is 89.2 Å². The first-order valence-corrected chi connectivity index (χ1v) is 5.40. The van der Waals surface area contributed by atoms with Gasteiger partial charge in [-0.15, -0.1) is 12.4 Å². The Morgan fingerprint density at radius 1 is 1.36 bits per heavy atom. The summed E-state index contributed by atoms with van der Waals surface area (Å²) in [4.78, 5) is 3.76. The van der Waals surface area contributed by atoms with Gasteiger partial charge in [-0.25, -0.2) is 8.42 Å². The van der Waals surface area contributed by atoms with Crippen molar-refractivity contribution in [2.45, 2.75) is 0 Å². The largest absolute Gasteiger partial charge is 0.329 e. The molecule has 0 amide bonds. The topological polar surface area (TPSA) is 85.1 Å². The zero-order valence-electron chi connectivity index (χ0n) is 7.38. The average molecular weight is 238 g/mol. The number of pyridine rings is 1. The van der Waals surface area contributed by atoms with Crippen LogP contribution in [-0.2, 0) is 10.0 Å². The van der Waals surface area contributed by atoms with Crippen LogP contribution in [0.25, 0.3) is 0 Å². The van der Waals surface area contributed by atoms with E-state index in [0.717, 1.165) is 0 Å². The van der Waals surface area contributed by atoms with E-state index in [1.807, 2.05) is 0 Å². The first-order chi connectivity index (χ1) is 6.14. The number of halogens is 1. The standard InChI is InChI=1S/C7H11N3O2S.ClH/c8-3-6-13(11,12)10-7-1-4-9-5-2-7;/h1-2,4-5H,3,6,8H2,(H,9,10);1H. The summed E-state index contributed by atoms with van der Waals surface area (Å²) in [5, 5.41) is 0. The monoisotopic (exact) mass is 237 g/mol. The van der Waals surface area contributed by atoms with Gasteiger partial charge in [-0.1, -0.05) is 0 Å². The van der Waals surface area contributed by atoms with Crippen LogP contribution in [0.15, 0.2) is 24.5 Å². The Kier molecular flexibility index (Phi) is 5.44. The van der Waals surface area contributed by atoms with E-state index in [1.54, 1.807) is 12.1 Å². The lowest BCUT2D eigenvalue weighted by Gasteiger charge is -2.05. The molecule has 3 N–H and O–H groups in total. The number of rotatable bonds is 4. The van der Waals surface area contributed by atoms with Gasteiger partial charge in [-0.3, -0.25) is 9.71 Å². The molecule has 7 heteroatoms. The van der Waals surface area contributed by atoms with Crippen molar-refractivity contribution in [3.63, 3.8) is 0 Å². The summed E-state index contributed by atoms with van der Waals surface area (Å²) in [6, 6.07) is 3.15. The van der Waals surface area contributed by atoms with Crippen LogP contribution < -0.4 is 10.5 Å². The molecule has 0 unspecified atom stereocenters. The van der Waals surface area contributed by atoms with E-state index in [-0.39, 0.29) is 24.7 Å². The van der Waals surface area contributed by atoms with E-state index in [1.165, 1.54) is 12.4 Å². The molecule has 0 radical (unpaired) electrons. The van der Waals surface area contributed by atoms with Gasteiger partial charge in [0, 0.05) is 18.9 Å². The van der Waals surface area contributed by atoms with Crippen LogP contribution in [0.2, 0.25) is 0 Å². The number of anilines is 1. The van der Waals surface area contributed by atoms with Crippen molar-refractivity contribution in [2.24, 2.45) is 5.73 Å². The first kappa shape index (κ1) is 13.2. The maximum Gasteiger partial charge on any atom is 0.233 e. The number of hydrogen-bond donors (Lipinski definition) is 2. The van der Waals surface area contributed by atoms with Crippen LogP contribution in [0.3, 0.4) is 0 Å². The lowest BCUT2D eigenvalue weighted by atomic mass is 10.4. The fourth-order valence-electron chi connectivity index (χ4n) is 0.806. The van der Waals surface area contributed by atoms with Crippen LogP contribution in [0, 0.1) is 0 Å². The molecule has 0 aliphatic heterocycles. The van der Waals surface area contributed by atoms with Gasteiger partial charge in [0.25, 0.3) is 0 Å². The van der Waals surface area contributed by atoms with E-state index in [2.05, 4.69) is 9.71 Å². The maximum atomic E-state index is 11.2. The first-order valence-electron chi connectivity index (χ1n) is 3.74. The summed E-state index contributed by atoms with van der Waals surface area (Å²) in [5.74, 6) is -0.0741. The predicted molar refractivity (Wildman–Crippen MR) is 57.9 cm³/mol. The molecule has 0 atom stereocenters. The van der Waals surface area contributed by atoms with Gasteiger partial charge < -0.3 is 5.73 Å². The Balaban J connectivity index is 0.00000169. The number of aromatic nitrogens is 1. The minimum atomic E-state index is -3.29. The van der Waals surface area contributed by atoms with Crippen molar-refractivity contribution >= 4 is 28.1 Å². The van der Waals surface area contributed by atoms with Gasteiger partial charge in [-0.05, 0) is 12.1 Å². The number of sulfonamides is 1. The molecule has 5 nitrogen and oxygen atoms in total. The highest BCUT2D eigenvalue weighted by Gasteiger charge is 2.07. The molecule has 0 fully saturated rings. The molecule has 0 spiro atoms. The van der Waals surface area contributed by atoms with Crippen molar-refractivity contribution in [2.75, 3.05) is 17.0 Å². The Bertz CT molecular complexity index is 354. The smallest absolute Gasteiger partial charge is 0.233 e. The third-order valence-corrected chi connectivity index (χ3v) is 2.66. The normalized spacial score (nSPS) is 10.4. The SMILES string of the molecule is Cl.NCCS(=O)(=O)Nc1ccncc1. The van der Waals surface area contributed by atoms with Crippen LogP contribution in [0.5, 0.6) is 0 Å². The lowest BCUT2D eigenvalue weighted by molar-refractivity contribution is 0.601. The Morgan fingerprint density at radius 3 is 2.43 bits per heavy atom. The highest BCUT2D eigenvalue weighted by atomic mass is 35.5. The fraction of sp³-hybridized carbons (Fsp3) is 0.286. The highest BCUT2D eigenvalue weighted by molar-refractivity contribution is 7.92. The average Bonchev–Trinajstić information content (AvgIpc) is 2.04. The Morgan fingerprint density at radius 2 is 1.93 bits per heavy atom. The number of hydrogen-bond acceptors (Lipinski definition) is 4. The molecule has 1 aromatic heterocycles. The van der Waals surface area contributed by atoms with Gasteiger partial charge in [0.2, 0.25) is 10.0 Å². The highest BCUT2D eigenvalue weighted by Crippen LogP contribution is 2.05. The van der Waals surface area contributed by atoms with Crippen LogP contribution in [0.1, 0.15) is 0 Å². The summed E-state index contributed by atoms with van der Waals surface area (Å²) in [5.41, 5.74) is 5.64. The predicted octanol–water partition coefficient (Wildman–Crippen LogP) is 0.204. The van der Waals surface area contributed by atoms with Crippen molar-refractivity contribution in [1.29, 1.82) is 0 Å². The van der Waals surface area contributed by atoms with Crippen molar-refractivity contribution in [1.82, 2.24) is 4.98 Å². The molecule has 0 aliphatic carbocycles. The molecular formula is C7H12ClN3O2S. The summed E-state index contributed by atoms with van der Waals surface area (Å²) in [6.45, 7) is 0.112. The maximum absolute atomic E-state index is 11.2. The number of nitrogens with one attached hydrogen (secondary N) is 1. The van der Waals surface area contributed by atoms with Crippen molar-refractivity contribution < 1.29 is 8.42 Å². The zero-order chi connectivity index (χ0) is 9.73. The van der Waals surface area contributed by atoms with Gasteiger partial charge >= 0.3 is 0 Å². The quantitative estimate of drug-likeness (QED) is 0.784. The summed E-state index contributed by atoms with van der Waals surface area (Å²) < 4.78 is 24.7. The third kappa shape index (κ3) is 4.40. The molecule has 0 aromatic carbocycles. The third-order valence-electron chi connectivity index (χ3n) is 1.34. The molecule has 0 bridgehead atoms. The van der Waals surface area contributed by atoms with Crippen molar-refractivity contribution in [3.8, 4) is 0 Å². The molecule has 1 heterocycles. The minimum absolute atomic E-state index is 0. The molecule has 0 saturated heterocycles. The second-order valence-corrected chi connectivity index (χ2v) is 4.29. The molecule has 0 aliphatic rings. The second-order valence-electron chi connectivity index (χ2n) is 2.45. The molecular weight excluding hydrogens is 226 g/mol. The summed E-state index contributed by atoms with van der Waals surface area (Å²) in [7, 11) is -3.29. The number of nitrogens with two attached hydrogens (primary N) is 1. The lowest BCUT2D eigenvalue weighted by Crippen LogP contribution is -2.22. The summed E-state index contributed by atoms with van der Waals surface area (Å²) >= 11 is 0. The van der Waals surface area contributed by atoms with E-state index < -0.39 is 10.0 Å². The molecule has 1 rings (SSSR count). The Hall–Kier alpha value is -0.850. The fourth-order valence-corrected chi connectivity index (χ4v) is 1.71. The molecule has 0 saturated carbocycles. The van der Waals surface area contributed by atoms with Gasteiger partial charge in [-0.2, -0.15) is 0 Å². The van der Waals surface area contributed by atoms with Crippen LogP contribution in [-0.4, -0.2) is 25.7 Å². The number of nitrogens with zero attached hydrogens (tertiary/aromatic N) is 1. The van der Waals surface area contributed by atoms with E-state index in [4.69, 9.17) is 5.73 Å². The van der Waals surface area contributed by atoms with Gasteiger partial charge in [0.05, 0.1) is 11.4 Å². The van der Waals surface area contributed by atoms with Gasteiger partial charge in [0.15, 0.2) is 0 Å². The second kappa shape index (κ2) is 5.79. The zero-order valence-corrected chi connectivity index (χ0v) is 9.01. The van der Waals surface area contributed by atoms with E-state index in [9.17, 15) is 8.42 Å². The molecule has 14 heavy (non-hydrogen) atoms. The van der Waals surface area contributed by atoms with Crippen LogP contribution >= 0.6 is 12.4 Å². The van der Waals surface area contributed by atoms with Gasteiger partial charge in [0.1, 0.15) is 0 Å². The van der Waals surface area contributed by atoms with Crippen LogP contribution in [0.4, 0.5) is 5.69 Å². The van der Waals surface area contributed by atoms with E-state index >= 15 is 0 Å². The minimum Gasteiger partial charge on any atom is -0.329 e. The van der Waals surface area contributed by atoms with Crippen molar-refractivity contribution in [3.05, 3.63) is 24.5 Å².